The van der Waals surface area contributed by atoms with E-state index in [0.717, 1.165) is 6.42 Å². The van der Waals surface area contributed by atoms with Gasteiger partial charge in [-0.25, -0.2) is 0 Å². The highest BCUT2D eigenvalue weighted by Gasteiger charge is 2.23. The number of carbonyl (C=O) groups is 2. The lowest BCUT2D eigenvalue weighted by Crippen LogP contribution is -2.40. The third-order valence-electron chi connectivity index (χ3n) is 5.28. The molecular weight excluding hydrogens is 382 g/mol. The molecule has 1 aliphatic heterocycles. The molecule has 30 heavy (non-hydrogen) atoms. The normalized spacial score (nSPS) is 13.1. The minimum atomic E-state index is -0.490. The molecule has 2 aromatic carbocycles. The summed E-state index contributed by atoms with van der Waals surface area (Å²) in [4.78, 5) is 39.6. The van der Waals surface area contributed by atoms with Gasteiger partial charge >= 0.3 is 0 Å². The summed E-state index contributed by atoms with van der Waals surface area (Å²) in [5.41, 5.74) is 2.80. The summed E-state index contributed by atoms with van der Waals surface area (Å²) in [6.45, 7) is 6.17. The predicted octanol–water partition coefficient (Wildman–Crippen LogP) is 3.67. The fraction of sp³-hybridized carbons (Fsp3) is 0.391. The van der Waals surface area contributed by atoms with Crippen molar-refractivity contribution < 1.29 is 14.5 Å². The lowest BCUT2D eigenvalue weighted by molar-refractivity contribution is -0.384. The average Bonchev–Trinajstić information content (AvgIpc) is 2.75. The Morgan fingerprint density at radius 2 is 1.77 bits per heavy atom. The van der Waals surface area contributed by atoms with Gasteiger partial charge in [0.25, 0.3) is 11.6 Å². The second-order valence-corrected chi connectivity index (χ2v) is 8.03. The molecule has 0 N–H and O–H groups in total. The molecular formula is C23H27N3O4. The van der Waals surface area contributed by atoms with Gasteiger partial charge in [0, 0.05) is 50.3 Å². The first kappa shape index (κ1) is 21.5. The molecule has 158 valence electrons. The molecule has 0 aliphatic carbocycles. The van der Waals surface area contributed by atoms with Crippen LogP contribution in [0.15, 0.2) is 48.5 Å². The van der Waals surface area contributed by atoms with Gasteiger partial charge in [0.2, 0.25) is 5.91 Å². The molecule has 0 saturated carbocycles. The Balaban J connectivity index is 1.64. The number of hydrogen-bond donors (Lipinski definition) is 0. The Hall–Kier alpha value is -3.22. The van der Waals surface area contributed by atoms with Gasteiger partial charge in [0.15, 0.2) is 0 Å². The average molecular weight is 409 g/mol. The van der Waals surface area contributed by atoms with E-state index in [0.29, 0.717) is 31.7 Å². The van der Waals surface area contributed by atoms with E-state index in [9.17, 15) is 19.7 Å². The van der Waals surface area contributed by atoms with Gasteiger partial charge in [-0.15, -0.1) is 0 Å². The maximum atomic E-state index is 12.9. The van der Waals surface area contributed by atoms with Crippen LogP contribution in [-0.2, 0) is 17.8 Å². The van der Waals surface area contributed by atoms with Crippen molar-refractivity contribution in [2.75, 3.05) is 19.6 Å². The van der Waals surface area contributed by atoms with Crippen LogP contribution in [0.5, 0.6) is 0 Å². The largest absolute Gasteiger partial charge is 0.338 e. The third-order valence-corrected chi connectivity index (χ3v) is 5.28. The second-order valence-electron chi connectivity index (χ2n) is 8.03. The fourth-order valence-electron chi connectivity index (χ4n) is 3.72. The number of nitro benzene ring substituents is 1. The van der Waals surface area contributed by atoms with Gasteiger partial charge in [-0.2, -0.15) is 0 Å². The van der Waals surface area contributed by atoms with Crippen molar-refractivity contribution in [2.24, 2.45) is 5.92 Å². The van der Waals surface area contributed by atoms with E-state index in [2.05, 4.69) is 12.1 Å². The standard InChI is InChI=1S/C23H27N3O4/c1-17(2)15-25(23(28)19-7-9-21(10-8-19)26(29)30)14-12-22(27)24-13-11-18-5-3-4-6-20(18)16-24/h3-10,17H,11-16H2,1-2H3. The Morgan fingerprint density at radius 3 is 2.40 bits per heavy atom. The number of nitro groups is 1. The lowest BCUT2D eigenvalue weighted by atomic mass is 10.00. The minimum absolute atomic E-state index is 0.0368. The van der Waals surface area contributed by atoms with Crippen molar-refractivity contribution in [1.82, 2.24) is 9.80 Å². The summed E-state index contributed by atoms with van der Waals surface area (Å²) in [6.07, 6.45) is 1.10. The van der Waals surface area contributed by atoms with Crippen LogP contribution in [0, 0.1) is 16.0 Å². The van der Waals surface area contributed by atoms with Crippen LogP contribution in [0.3, 0.4) is 0 Å². The smallest absolute Gasteiger partial charge is 0.269 e. The molecule has 2 amide bonds. The molecule has 0 saturated heterocycles. The first-order valence-electron chi connectivity index (χ1n) is 10.2. The molecule has 0 radical (unpaired) electrons. The second kappa shape index (κ2) is 9.52. The zero-order valence-corrected chi connectivity index (χ0v) is 17.4. The zero-order chi connectivity index (χ0) is 21.7. The number of non-ortho nitro benzene ring substituents is 1. The Kier molecular flexibility index (Phi) is 6.82. The van der Waals surface area contributed by atoms with Gasteiger partial charge in [-0.3, -0.25) is 19.7 Å². The molecule has 1 aliphatic rings. The number of amides is 2. The first-order valence-corrected chi connectivity index (χ1v) is 10.2. The highest BCUT2D eigenvalue weighted by atomic mass is 16.6. The van der Waals surface area contributed by atoms with Gasteiger partial charge in [-0.05, 0) is 35.6 Å². The van der Waals surface area contributed by atoms with E-state index in [1.807, 2.05) is 30.9 Å². The van der Waals surface area contributed by atoms with E-state index >= 15 is 0 Å². The van der Waals surface area contributed by atoms with Gasteiger partial charge in [-0.1, -0.05) is 38.1 Å². The zero-order valence-electron chi connectivity index (χ0n) is 17.4. The number of hydrogen-bond acceptors (Lipinski definition) is 4. The maximum Gasteiger partial charge on any atom is 0.269 e. The summed E-state index contributed by atoms with van der Waals surface area (Å²) < 4.78 is 0. The number of fused-ring (bicyclic) bond motifs is 1. The Morgan fingerprint density at radius 1 is 1.10 bits per heavy atom. The van der Waals surface area contributed by atoms with Crippen LogP contribution < -0.4 is 0 Å². The van der Waals surface area contributed by atoms with Crippen LogP contribution in [0.2, 0.25) is 0 Å². The van der Waals surface area contributed by atoms with Crippen molar-refractivity contribution in [3.63, 3.8) is 0 Å². The highest BCUT2D eigenvalue weighted by molar-refractivity contribution is 5.94. The maximum absolute atomic E-state index is 12.9. The van der Waals surface area contributed by atoms with E-state index in [1.54, 1.807) is 4.90 Å². The van der Waals surface area contributed by atoms with E-state index < -0.39 is 4.92 Å². The number of nitrogens with zero attached hydrogens (tertiary/aromatic N) is 3. The fourth-order valence-corrected chi connectivity index (χ4v) is 3.72. The summed E-state index contributed by atoms with van der Waals surface area (Å²) in [7, 11) is 0. The number of benzene rings is 2. The van der Waals surface area contributed by atoms with Crippen molar-refractivity contribution in [2.45, 2.75) is 33.2 Å². The predicted molar refractivity (Wildman–Crippen MR) is 114 cm³/mol. The van der Waals surface area contributed by atoms with Gasteiger partial charge < -0.3 is 9.80 Å². The van der Waals surface area contributed by atoms with E-state index in [4.69, 9.17) is 0 Å². The summed E-state index contributed by atoms with van der Waals surface area (Å²) >= 11 is 0. The van der Waals surface area contributed by atoms with Crippen LogP contribution in [0.1, 0.15) is 41.8 Å². The molecule has 7 heteroatoms. The quantitative estimate of drug-likeness (QED) is 0.516. The molecule has 0 spiro atoms. The highest BCUT2D eigenvalue weighted by Crippen LogP contribution is 2.20. The Labute approximate surface area is 176 Å². The summed E-state index contributed by atoms with van der Waals surface area (Å²) in [6, 6.07) is 13.8. The molecule has 2 aromatic rings. The molecule has 1 heterocycles. The first-order chi connectivity index (χ1) is 14.3. The van der Waals surface area contributed by atoms with Crippen LogP contribution in [0.4, 0.5) is 5.69 Å². The van der Waals surface area contributed by atoms with Crippen molar-refractivity contribution in [3.05, 3.63) is 75.3 Å². The molecule has 0 atom stereocenters. The molecule has 0 fully saturated rings. The van der Waals surface area contributed by atoms with E-state index in [1.165, 1.54) is 35.4 Å². The molecule has 3 rings (SSSR count). The SMILES string of the molecule is CC(C)CN(CCC(=O)N1CCc2ccccc2C1)C(=O)c1ccc([N+](=O)[O-])cc1. The van der Waals surface area contributed by atoms with Crippen LogP contribution >= 0.6 is 0 Å². The third kappa shape index (κ3) is 5.23. The molecule has 0 bridgehead atoms. The minimum Gasteiger partial charge on any atom is -0.338 e. The van der Waals surface area contributed by atoms with Crippen LogP contribution in [-0.4, -0.2) is 46.2 Å². The number of carbonyl (C=O) groups excluding carboxylic acids is 2. The lowest BCUT2D eigenvalue weighted by Gasteiger charge is -2.30. The van der Waals surface area contributed by atoms with Gasteiger partial charge in [0.1, 0.15) is 0 Å². The molecule has 7 nitrogen and oxygen atoms in total. The van der Waals surface area contributed by atoms with E-state index in [-0.39, 0.29) is 29.8 Å². The molecule has 0 unspecified atom stereocenters. The van der Waals surface area contributed by atoms with Crippen molar-refractivity contribution in [3.8, 4) is 0 Å². The summed E-state index contributed by atoms with van der Waals surface area (Å²) in [5.74, 6) is 0.0640. The Bertz CT molecular complexity index is 924. The van der Waals surface area contributed by atoms with Crippen LogP contribution in [0.25, 0.3) is 0 Å². The topological polar surface area (TPSA) is 83.8 Å². The van der Waals surface area contributed by atoms with Gasteiger partial charge in [0.05, 0.1) is 4.92 Å². The van der Waals surface area contributed by atoms with Crippen molar-refractivity contribution in [1.29, 1.82) is 0 Å². The van der Waals surface area contributed by atoms with Crippen molar-refractivity contribution >= 4 is 17.5 Å². The monoisotopic (exact) mass is 409 g/mol. The number of rotatable bonds is 7. The summed E-state index contributed by atoms with van der Waals surface area (Å²) in [5, 5.41) is 10.8. The molecule has 0 aromatic heterocycles.